The summed E-state index contributed by atoms with van der Waals surface area (Å²) in [5.74, 6) is -0.450. The number of quaternary nitrogens is 1. The minimum absolute atomic E-state index is 0.0336. The number of nitrogens with two attached hydrogens (primary N) is 1. The first kappa shape index (κ1) is 19.7. The van der Waals surface area contributed by atoms with Gasteiger partial charge in [-0.05, 0) is 19.1 Å². The van der Waals surface area contributed by atoms with Crippen LogP contribution in [0.25, 0.3) is 0 Å². The molecule has 26 heavy (non-hydrogen) atoms. The Morgan fingerprint density at radius 2 is 2.00 bits per heavy atom. The van der Waals surface area contributed by atoms with Gasteiger partial charge >= 0.3 is 0 Å². The van der Waals surface area contributed by atoms with Crippen LogP contribution in [0, 0.1) is 0 Å². The normalized spacial score (nSPS) is 17.0. The van der Waals surface area contributed by atoms with Gasteiger partial charge in [0.25, 0.3) is 5.91 Å². The third kappa shape index (κ3) is 3.81. The number of hydrogen-bond acceptors (Lipinski definition) is 6. The van der Waals surface area contributed by atoms with Crippen molar-refractivity contribution >= 4 is 11.7 Å². The van der Waals surface area contributed by atoms with Gasteiger partial charge in [0.15, 0.2) is 11.5 Å². The minimum Gasteiger partial charge on any atom is -0.503 e. The lowest BCUT2D eigenvalue weighted by Crippen LogP contribution is -2.86. The third-order valence-corrected chi connectivity index (χ3v) is 4.33. The first-order chi connectivity index (χ1) is 12.5. The van der Waals surface area contributed by atoms with Crippen LogP contribution >= 0.6 is 0 Å². The molecular formula is C18H25N2O6+. The maximum Gasteiger partial charge on any atom is 0.290 e. The quantitative estimate of drug-likeness (QED) is 0.511. The second-order valence-corrected chi connectivity index (χ2v) is 5.92. The molecule has 1 heterocycles. The number of Topliss-reactive ketones (excluding diaryl/α,β-unsaturated/α-hetero) is 1. The Morgan fingerprint density at radius 1 is 1.27 bits per heavy atom. The molecule has 1 aliphatic heterocycles. The molecule has 0 fully saturated rings. The summed E-state index contributed by atoms with van der Waals surface area (Å²) in [5.41, 5.74) is 0.652. The summed E-state index contributed by atoms with van der Waals surface area (Å²) in [5, 5.41) is 21.0. The Balaban J connectivity index is 2.44. The number of aliphatic hydroxyl groups is 2. The molecule has 1 aromatic rings. The van der Waals surface area contributed by atoms with Gasteiger partial charge in [-0.25, -0.2) is 0 Å². The number of rotatable bonds is 9. The molecule has 1 atom stereocenters. The molecule has 0 radical (unpaired) electrons. The number of hydrogen-bond donors (Lipinski definition) is 3. The van der Waals surface area contributed by atoms with E-state index in [1.54, 1.807) is 18.2 Å². The molecule has 0 aromatic heterocycles. The van der Waals surface area contributed by atoms with Crippen molar-refractivity contribution in [2.24, 2.45) is 0 Å². The lowest BCUT2D eigenvalue weighted by atomic mass is 9.95. The van der Waals surface area contributed by atoms with Crippen molar-refractivity contribution in [2.45, 2.75) is 13.0 Å². The van der Waals surface area contributed by atoms with Crippen LogP contribution in [0.15, 0.2) is 29.5 Å². The fourth-order valence-electron chi connectivity index (χ4n) is 3.08. The second kappa shape index (κ2) is 8.68. The maximum atomic E-state index is 12.5. The van der Waals surface area contributed by atoms with Crippen LogP contribution in [0.3, 0.4) is 0 Å². The van der Waals surface area contributed by atoms with Gasteiger partial charge < -0.3 is 29.9 Å². The molecular weight excluding hydrogens is 340 g/mol. The lowest BCUT2D eigenvalue weighted by molar-refractivity contribution is -0.655. The number of ketones is 1. The van der Waals surface area contributed by atoms with Crippen LogP contribution in [0.4, 0.5) is 0 Å². The highest BCUT2D eigenvalue weighted by atomic mass is 16.5. The summed E-state index contributed by atoms with van der Waals surface area (Å²) < 4.78 is 10.6. The Hall–Kier alpha value is -2.58. The minimum atomic E-state index is -0.733. The fraction of sp³-hybridized carbons (Fsp3) is 0.444. The van der Waals surface area contributed by atoms with Gasteiger partial charge in [0.05, 0.1) is 52.1 Å². The standard InChI is InChI=1S/C18H24N2O6/c1-11(22)15-16(13-5-4-12(25-2)10-14(13)26-3)20(18(24)17(15)23)8-6-19-7-9-21/h4-5,10,16,19,21,23H,6-9H2,1-3H3/p+1/t16-/m0/s1. The summed E-state index contributed by atoms with van der Waals surface area (Å²) in [7, 11) is 3.02. The molecule has 142 valence electrons. The van der Waals surface area contributed by atoms with E-state index in [1.165, 1.54) is 26.0 Å². The van der Waals surface area contributed by atoms with E-state index in [0.29, 0.717) is 36.7 Å². The number of carbonyl (C=O) groups excluding carboxylic acids is 2. The van der Waals surface area contributed by atoms with Gasteiger partial charge in [0.1, 0.15) is 11.5 Å². The Kier molecular flexibility index (Phi) is 6.59. The summed E-state index contributed by atoms with van der Waals surface area (Å²) in [6.45, 7) is 2.70. The van der Waals surface area contributed by atoms with Crippen molar-refractivity contribution in [3.63, 3.8) is 0 Å². The number of aliphatic hydroxyl groups excluding tert-OH is 2. The molecule has 1 aliphatic rings. The average molecular weight is 365 g/mol. The van der Waals surface area contributed by atoms with Crippen molar-refractivity contribution in [3.8, 4) is 11.5 Å². The van der Waals surface area contributed by atoms with E-state index in [-0.39, 0.29) is 18.0 Å². The molecule has 1 amide bonds. The molecule has 2 rings (SSSR count). The van der Waals surface area contributed by atoms with Gasteiger partial charge in [-0.3, -0.25) is 9.59 Å². The van der Waals surface area contributed by atoms with Gasteiger partial charge in [-0.1, -0.05) is 0 Å². The second-order valence-electron chi connectivity index (χ2n) is 5.92. The SMILES string of the molecule is COc1ccc([C@H]2C(C(C)=O)=C(O)C(=O)N2CC[NH2+]CCO)c(OC)c1. The molecule has 0 spiro atoms. The van der Waals surface area contributed by atoms with Crippen molar-refractivity contribution in [1.82, 2.24) is 4.90 Å². The zero-order chi connectivity index (χ0) is 19.3. The smallest absolute Gasteiger partial charge is 0.290 e. The van der Waals surface area contributed by atoms with Crippen molar-refractivity contribution in [3.05, 3.63) is 35.1 Å². The number of ether oxygens (including phenoxy) is 2. The number of amides is 1. The fourth-order valence-corrected chi connectivity index (χ4v) is 3.08. The summed E-state index contributed by atoms with van der Waals surface area (Å²) in [4.78, 5) is 26.1. The number of benzene rings is 1. The third-order valence-electron chi connectivity index (χ3n) is 4.33. The first-order valence-electron chi connectivity index (χ1n) is 8.35. The molecule has 0 unspecified atom stereocenters. The van der Waals surface area contributed by atoms with Gasteiger partial charge in [-0.2, -0.15) is 0 Å². The van der Waals surface area contributed by atoms with Crippen LogP contribution < -0.4 is 14.8 Å². The lowest BCUT2D eigenvalue weighted by Gasteiger charge is -2.27. The molecule has 0 bridgehead atoms. The van der Waals surface area contributed by atoms with Gasteiger partial charge in [0.2, 0.25) is 0 Å². The summed E-state index contributed by atoms with van der Waals surface area (Å²) in [6, 6.07) is 4.37. The van der Waals surface area contributed by atoms with Crippen LogP contribution in [-0.4, -0.2) is 67.3 Å². The number of nitrogens with zero attached hydrogens (tertiary/aromatic N) is 1. The largest absolute Gasteiger partial charge is 0.503 e. The summed E-state index contributed by atoms with van der Waals surface area (Å²) >= 11 is 0. The zero-order valence-electron chi connectivity index (χ0n) is 15.2. The van der Waals surface area contributed by atoms with Crippen molar-refractivity contribution in [1.29, 1.82) is 0 Å². The summed E-state index contributed by atoms with van der Waals surface area (Å²) in [6.07, 6.45) is 0. The van der Waals surface area contributed by atoms with Gasteiger partial charge in [0, 0.05) is 11.6 Å². The monoisotopic (exact) mass is 365 g/mol. The van der Waals surface area contributed by atoms with Crippen LogP contribution in [0.5, 0.6) is 11.5 Å². The topological polar surface area (TPSA) is 113 Å². The molecule has 8 heteroatoms. The average Bonchev–Trinajstić information content (AvgIpc) is 2.89. The van der Waals surface area contributed by atoms with Crippen LogP contribution in [0.1, 0.15) is 18.5 Å². The van der Waals surface area contributed by atoms with E-state index in [0.717, 1.165) is 0 Å². The van der Waals surface area contributed by atoms with Crippen LogP contribution in [-0.2, 0) is 9.59 Å². The molecule has 4 N–H and O–H groups in total. The van der Waals surface area contributed by atoms with E-state index >= 15 is 0 Å². The molecule has 0 saturated heterocycles. The van der Waals surface area contributed by atoms with E-state index in [2.05, 4.69) is 0 Å². The Labute approximate surface area is 152 Å². The predicted molar refractivity (Wildman–Crippen MR) is 93.1 cm³/mol. The van der Waals surface area contributed by atoms with E-state index < -0.39 is 17.7 Å². The predicted octanol–water partition coefficient (Wildman–Crippen LogP) is -0.456. The molecule has 1 aromatic carbocycles. The Bertz CT molecular complexity index is 716. The highest BCUT2D eigenvalue weighted by Gasteiger charge is 2.43. The van der Waals surface area contributed by atoms with E-state index in [9.17, 15) is 14.7 Å². The number of methoxy groups -OCH3 is 2. The van der Waals surface area contributed by atoms with Gasteiger partial charge in [-0.15, -0.1) is 0 Å². The van der Waals surface area contributed by atoms with Crippen LogP contribution in [0.2, 0.25) is 0 Å². The maximum absolute atomic E-state index is 12.5. The number of carbonyl (C=O) groups is 2. The molecule has 0 aliphatic carbocycles. The highest BCUT2D eigenvalue weighted by molar-refractivity contribution is 6.08. The first-order valence-corrected chi connectivity index (χ1v) is 8.35. The van der Waals surface area contributed by atoms with Crippen molar-refractivity contribution < 1.29 is 34.6 Å². The molecule has 0 saturated carbocycles. The van der Waals surface area contributed by atoms with E-state index in [1.807, 2.05) is 5.32 Å². The zero-order valence-corrected chi connectivity index (χ0v) is 15.2. The van der Waals surface area contributed by atoms with Crippen molar-refractivity contribution in [2.75, 3.05) is 40.5 Å². The Morgan fingerprint density at radius 3 is 2.58 bits per heavy atom. The molecule has 8 nitrogen and oxygen atoms in total. The highest BCUT2D eigenvalue weighted by Crippen LogP contribution is 2.42. The van der Waals surface area contributed by atoms with E-state index in [4.69, 9.17) is 14.6 Å².